The van der Waals surface area contributed by atoms with Crippen LogP contribution in [-0.2, 0) is 17.6 Å². The maximum Gasteiger partial charge on any atom is 0.227 e. The van der Waals surface area contributed by atoms with Crippen LogP contribution in [0.4, 0.5) is 0 Å². The number of methoxy groups -OCH3 is 1. The molecule has 1 aromatic heterocycles. The van der Waals surface area contributed by atoms with Crippen LogP contribution in [0.1, 0.15) is 35.4 Å². The van der Waals surface area contributed by atoms with Gasteiger partial charge in [-0.1, -0.05) is 19.1 Å². The third-order valence-electron chi connectivity index (χ3n) is 4.29. The van der Waals surface area contributed by atoms with Crippen molar-refractivity contribution < 1.29 is 9.53 Å². The van der Waals surface area contributed by atoms with Gasteiger partial charge in [0.25, 0.3) is 0 Å². The van der Waals surface area contributed by atoms with Crippen LogP contribution in [0.3, 0.4) is 0 Å². The van der Waals surface area contributed by atoms with Gasteiger partial charge in [0.1, 0.15) is 5.75 Å². The lowest BCUT2D eigenvalue weighted by Gasteiger charge is -2.35. The van der Waals surface area contributed by atoms with Crippen molar-refractivity contribution in [2.45, 2.75) is 32.2 Å². The number of benzene rings is 1. The average Bonchev–Trinajstić information content (AvgIpc) is 3.02. The van der Waals surface area contributed by atoms with Gasteiger partial charge in [0.15, 0.2) is 0 Å². The third-order valence-corrected chi connectivity index (χ3v) is 5.29. The van der Waals surface area contributed by atoms with Crippen LogP contribution >= 0.6 is 11.3 Å². The van der Waals surface area contributed by atoms with E-state index in [0.29, 0.717) is 6.42 Å². The van der Waals surface area contributed by atoms with Crippen molar-refractivity contribution in [2.24, 2.45) is 0 Å². The maximum absolute atomic E-state index is 12.8. The van der Waals surface area contributed by atoms with E-state index in [1.165, 1.54) is 10.4 Å². The quantitative estimate of drug-likeness (QED) is 0.858. The number of ether oxygens (including phenoxy) is 1. The SMILES string of the molecule is CCC1c2ccsc2CCN1C(=O)Cc1cccc(OC)c1. The highest BCUT2D eigenvalue weighted by atomic mass is 32.1. The highest BCUT2D eigenvalue weighted by Crippen LogP contribution is 2.35. The fourth-order valence-electron chi connectivity index (χ4n) is 3.19. The summed E-state index contributed by atoms with van der Waals surface area (Å²) in [4.78, 5) is 16.2. The summed E-state index contributed by atoms with van der Waals surface area (Å²) in [5.74, 6) is 1.01. The molecule has 22 heavy (non-hydrogen) atoms. The number of rotatable bonds is 4. The number of thiophene rings is 1. The van der Waals surface area contributed by atoms with Gasteiger partial charge in [-0.05, 0) is 47.5 Å². The molecule has 2 aromatic rings. The largest absolute Gasteiger partial charge is 0.497 e. The molecular formula is C18H21NO2S. The minimum atomic E-state index is 0.206. The highest BCUT2D eigenvalue weighted by molar-refractivity contribution is 7.10. The first-order chi connectivity index (χ1) is 10.7. The van der Waals surface area contributed by atoms with Gasteiger partial charge in [-0.25, -0.2) is 0 Å². The van der Waals surface area contributed by atoms with Crippen LogP contribution in [0.5, 0.6) is 5.75 Å². The Bertz CT molecular complexity index is 665. The highest BCUT2D eigenvalue weighted by Gasteiger charge is 2.30. The number of hydrogen-bond donors (Lipinski definition) is 0. The van der Waals surface area contributed by atoms with E-state index in [-0.39, 0.29) is 11.9 Å². The van der Waals surface area contributed by atoms with Gasteiger partial charge < -0.3 is 9.64 Å². The second-order valence-corrected chi connectivity index (χ2v) is 6.59. The van der Waals surface area contributed by atoms with Crippen molar-refractivity contribution in [3.8, 4) is 5.75 Å². The van der Waals surface area contributed by atoms with E-state index in [0.717, 1.165) is 30.7 Å². The van der Waals surface area contributed by atoms with Gasteiger partial charge in [0, 0.05) is 11.4 Å². The minimum Gasteiger partial charge on any atom is -0.497 e. The van der Waals surface area contributed by atoms with Crippen LogP contribution in [0.25, 0.3) is 0 Å². The summed E-state index contributed by atoms with van der Waals surface area (Å²) >= 11 is 1.81. The maximum atomic E-state index is 12.8. The first kappa shape index (κ1) is 15.1. The summed E-state index contributed by atoms with van der Waals surface area (Å²) in [6.07, 6.45) is 2.38. The molecule has 0 bridgehead atoms. The molecular weight excluding hydrogens is 294 g/mol. The van der Waals surface area contributed by atoms with E-state index >= 15 is 0 Å². The van der Waals surface area contributed by atoms with Crippen LogP contribution in [0.15, 0.2) is 35.7 Å². The van der Waals surface area contributed by atoms with Crippen molar-refractivity contribution in [2.75, 3.05) is 13.7 Å². The van der Waals surface area contributed by atoms with Crippen molar-refractivity contribution in [3.05, 3.63) is 51.7 Å². The lowest BCUT2D eigenvalue weighted by Crippen LogP contribution is -2.40. The van der Waals surface area contributed by atoms with Gasteiger partial charge in [-0.2, -0.15) is 0 Å². The fraction of sp³-hybridized carbons (Fsp3) is 0.389. The van der Waals surface area contributed by atoms with E-state index in [9.17, 15) is 4.79 Å². The Morgan fingerprint density at radius 3 is 3.05 bits per heavy atom. The molecule has 0 fully saturated rings. The van der Waals surface area contributed by atoms with Gasteiger partial charge in [0.05, 0.1) is 19.6 Å². The summed E-state index contributed by atoms with van der Waals surface area (Å²) in [6.45, 7) is 2.98. The Balaban J connectivity index is 1.77. The molecule has 0 aliphatic carbocycles. The molecule has 0 radical (unpaired) electrons. The number of amides is 1. The number of carbonyl (C=O) groups is 1. The van der Waals surface area contributed by atoms with Crippen LogP contribution in [0.2, 0.25) is 0 Å². The predicted molar refractivity (Wildman–Crippen MR) is 89.5 cm³/mol. The zero-order chi connectivity index (χ0) is 15.5. The molecule has 3 rings (SSSR count). The zero-order valence-corrected chi connectivity index (χ0v) is 13.9. The van der Waals surface area contributed by atoms with Crippen LogP contribution in [0, 0.1) is 0 Å². The van der Waals surface area contributed by atoms with E-state index in [1.54, 1.807) is 7.11 Å². The van der Waals surface area contributed by atoms with Crippen molar-refractivity contribution >= 4 is 17.2 Å². The number of hydrogen-bond acceptors (Lipinski definition) is 3. The molecule has 1 aromatic carbocycles. The summed E-state index contributed by atoms with van der Waals surface area (Å²) in [5, 5.41) is 2.14. The van der Waals surface area contributed by atoms with Gasteiger partial charge in [0.2, 0.25) is 5.91 Å². The van der Waals surface area contributed by atoms with Gasteiger partial charge in [-0.3, -0.25) is 4.79 Å². The minimum absolute atomic E-state index is 0.206. The topological polar surface area (TPSA) is 29.5 Å². The monoisotopic (exact) mass is 315 g/mol. The second-order valence-electron chi connectivity index (χ2n) is 5.59. The Hall–Kier alpha value is -1.81. The molecule has 0 saturated heterocycles. The fourth-order valence-corrected chi connectivity index (χ4v) is 4.12. The molecule has 1 amide bonds. The molecule has 1 aliphatic heterocycles. The predicted octanol–water partition coefficient (Wildman–Crippen LogP) is 3.84. The van der Waals surface area contributed by atoms with Gasteiger partial charge in [-0.15, -0.1) is 11.3 Å². The molecule has 1 aliphatic rings. The summed E-state index contributed by atoms with van der Waals surface area (Å²) < 4.78 is 5.24. The van der Waals surface area contributed by atoms with Crippen molar-refractivity contribution in [1.29, 1.82) is 0 Å². The Morgan fingerprint density at radius 1 is 1.41 bits per heavy atom. The molecule has 0 spiro atoms. The second kappa shape index (κ2) is 6.53. The number of fused-ring (bicyclic) bond motifs is 1. The lowest BCUT2D eigenvalue weighted by atomic mass is 9.97. The standard InChI is InChI=1S/C18H21NO2S/c1-3-16-15-8-10-22-17(15)7-9-19(16)18(20)12-13-5-4-6-14(11-13)21-2/h4-6,8,10-11,16H,3,7,9,12H2,1-2H3. The number of nitrogens with zero attached hydrogens (tertiary/aromatic N) is 1. The third kappa shape index (κ3) is 2.88. The van der Waals surface area contributed by atoms with E-state index in [4.69, 9.17) is 4.74 Å². The molecule has 1 atom stereocenters. The van der Waals surface area contributed by atoms with Crippen molar-refractivity contribution in [3.63, 3.8) is 0 Å². The summed E-state index contributed by atoms with van der Waals surface area (Å²) in [6, 6.07) is 10.2. The van der Waals surface area contributed by atoms with Crippen molar-refractivity contribution in [1.82, 2.24) is 4.90 Å². The Kier molecular flexibility index (Phi) is 4.48. The van der Waals surface area contributed by atoms with Gasteiger partial charge >= 0.3 is 0 Å². The number of carbonyl (C=O) groups excluding carboxylic acids is 1. The smallest absolute Gasteiger partial charge is 0.227 e. The first-order valence-corrected chi connectivity index (χ1v) is 8.59. The Labute approximate surface area is 135 Å². The zero-order valence-electron chi connectivity index (χ0n) is 13.0. The van der Waals surface area contributed by atoms with E-state index in [2.05, 4.69) is 23.3 Å². The molecule has 3 nitrogen and oxygen atoms in total. The normalized spacial score (nSPS) is 17.2. The molecule has 4 heteroatoms. The molecule has 116 valence electrons. The molecule has 0 N–H and O–H groups in total. The summed E-state index contributed by atoms with van der Waals surface area (Å²) in [5.41, 5.74) is 2.35. The van der Waals surface area contributed by atoms with E-state index < -0.39 is 0 Å². The summed E-state index contributed by atoms with van der Waals surface area (Å²) in [7, 11) is 1.65. The molecule has 1 unspecified atom stereocenters. The first-order valence-electron chi connectivity index (χ1n) is 7.71. The Morgan fingerprint density at radius 2 is 2.27 bits per heavy atom. The lowest BCUT2D eigenvalue weighted by molar-refractivity contribution is -0.133. The van der Waals surface area contributed by atoms with E-state index in [1.807, 2.05) is 35.6 Å². The molecule has 2 heterocycles. The average molecular weight is 315 g/mol. The van der Waals surface area contributed by atoms with Crippen LogP contribution < -0.4 is 4.74 Å². The molecule has 0 saturated carbocycles. The van der Waals surface area contributed by atoms with Crippen LogP contribution in [-0.4, -0.2) is 24.5 Å².